The molecular formula is C52H63N15O10S. The van der Waals surface area contributed by atoms with E-state index in [1.165, 1.54) is 12.0 Å². The number of amides is 6. The summed E-state index contributed by atoms with van der Waals surface area (Å²) >= 11 is 1.02. The van der Waals surface area contributed by atoms with Gasteiger partial charge >= 0.3 is 5.97 Å². The fourth-order valence-electron chi connectivity index (χ4n) is 9.09. The normalized spacial score (nSPS) is 13.8. The molecule has 8 N–H and O–H groups in total. The van der Waals surface area contributed by atoms with Crippen molar-refractivity contribution in [2.75, 3.05) is 44.9 Å². The van der Waals surface area contributed by atoms with Crippen LogP contribution in [0.4, 0.5) is 5.95 Å². The minimum absolute atomic E-state index is 0.0243. The number of hydrogen-bond donors (Lipinski definition) is 5. The summed E-state index contributed by atoms with van der Waals surface area (Å²) in [6.07, 6.45) is 6.14. The Balaban J connectivity index is 0.00000287. The van der Waals surface area contributed by atoms with Crippen LogP contribution in [0.5, 0.6) is 11.5 Å². The second kappa shape index (κ2) is 25.0. The number of nitrogens with zero attached hydrogens (tertiary/aromatic N) is 11. The number of imide groups is 1. The van der Waals surface area contributed by atoms with Gasteiger partial charge in [-0.2, -0.15) is 10.2 Å². The molecule has 5 aromatic heterocycles. The van der Waals surface area contributed by atoms with Gasteiger partial charge in [-0.15, -0.1) is 11.8 Å². The van der Waals surface area contributed by atoms with Gasteiger partial charge in [0.05, 0.1) is 41.4 Å². The van der Waals surface area contributed by atoms with Crippen molar-refractivity contribution in [1.82, 2.24) is 53.4 Å². The van der Waals surface area contributed by atoms with Crippen LogP contribution in [0.15, 0.2) is 54.7 Å². The zero-order valence-electron chi connectivity index (χ0n) is 44.4. The molecule has 26 heteroatoms. The smallest absolute Gasteiger partial charge is 0.321 e. The fourth-order valence-corrected chi connectivity index (χ4v) is 10.2. The predicted molar refractivity (Wildman–Crippen MR) is 292 cm³/mol. The second-order valence-corrected chi connectivity index (χ2v) is 19.5. The van der Waals surface area contributed by atoms with Gasteiger partial charge in [0, 0.05) is 87.4 Å². The lowest BCUT2D eigenvalue weighted by Crippen LogP contribution is -2.37. The largest absolute Gasteiger partial charge is 0.495 e. The van der Waals surface area contributed by atoms with Gasteiger partial charge in [0.15, 0.2) is 5.82 Å². The van der Waals surface area contributed by atoms with Crippen molar-refractivity contribution in [3.05, 3.63) is 83.0 Å². The minimum atomic E-state index is -1.20. The lowest BCUT2D eigenvalue weighted by molar-refractivity contribution is -0.140. The highest BCUT2D eigenvalue weighted by molar-refractivity contribution is 8.00. The molecule has 0 radical (unpaired) electrons. The molecule has 0 bridgehead atoms. The first-order chi connectivity index (χ1) is 37.3. The van der Waals surface area contributed by atoms with Crippen LogP contribution in [0.2, 0.25) is 0 Å². The van der Waals surface area contributed by atoms with Crippen LogP contribution in [0.3, 0.4) is 0 Å². The summed E-state index contributed by atoms with van der Waals surface area (Å²) in [5.41, 5.74) is 21.7. The number of benzene rings is 2. The van der Waals surface area contributed by atoms with E-state index in [0.717, 1.165) is 33.6 Å². The number of allylic oxidation sites excluding steroid dienone is 2. The van der Waals surface area contributed by atoms with Gasteiger partial charge in [0.2, 0.25) is 36.0 Å². The maximum Gasteiger partial charge on any atom is 0.321 e. The predicted octanol–water partition coefficient (Wildman–Crippen LogP) is 3.57. The summed E-state index contributed by atoms with van der Waals surface area (Å²) in [6.45, 7) is 11.6. The van der Waals surface area contributed by atoms with Gasteiger partial charge in [0.25, 0.3) is 5.91 Å². The number of primary amides is 2. The number of imidazole rings is 1. The number of nitrogens with two attached hydrogens (primary N) is 3. The molecule has 6 amide bonds. The molecule has 25 nitrogen and oxygen atoms in total. The minimum Gasteiger partial charge on any atom is -0.495 e. The van der Waals surface area contributed by atoms with Crippen LogP contribution in [0.25, 0.3) is 44.5 Å². The molecule has 2 unspecified atom stereocenters. The van der Waals surface area contributed by atoms with Crippen molar-refractivity contribution in [1.29, 1.82) is 0 Å². The molecule has 8 rings (SSSR count). The van der Waals surface area contributed by atoms with Crippen LogP contribution in [0, 0.1) is 20.8 Å². The van der Waals surface area contributed by atoms with E-state index < -0.39 is 40.9 Å². The number of aromatic nitrogens is 9. The number of rotatable bonds is 23. The summed E-state index contributed by atoms with van der Waals surface area (Å²) in [5, 5.41) is 21.8. The molecule has 0 spiro atoms. The molecule has 1 aliphatic heterocycles. The lowest BCUT2D eigenvalue weighted by Gasteiger charge is -2.20. The van der Waals surface area contributed by atoms with E-state index in [9.17, 15) is 28.8 Å². The third-order valence-corrected chi connectivity index (χ3v) is 14.1. The number of carbonyl (C=O) groups is 7. The molecule has 2 atom stereocenters. The van der Waals surface area contributed by atoms with E-state index in [-0.39, 0.29) is 62.1 Å². The Labute approximate surface area is 452 Å². The van der Waals surface area contributed by atoms with Crippen LogP contribution in [-0.2, 0) is 50.2 Å². The summed E-state index contributed by atoms with van der Waals surface area (Å²) < 4.78 is 19.6. The first-order valence-electron chi connectivity index (χ1n) is 25.0. The molecule has 412 valence electrons. The summed E-state index contributed by atoms with van der Waals surface area (Å²) in [4.78, 5) is 102. The summed E-state index contributed by atoms with van der Waals surface area (Å²) in [6, 6.07) is 9.60. The summed E-state index contributed by atoms with van der Waals surface area (Å²) in [5.74, 6) is -1.72. The average Bonchev–Trinajstić information content (AvgIpc) is 4.23. The Morgan fingerprint density at radius 1 is 0.936 bits per heavy atom. The molecule has 0 aliphatic carbocycles. The molecule has 0 saturated carbocycles. The van der Waals surface area contributed by atoms with Gasteiger partial charge in [0.1, 0.15) is 40.1 Å². The third kappa shape index (κ3) is 12.4. The lowest BCUT2D eigenvalue weighted by atomic mass is 10.1. The molecular weight excluding hydrogens is 1030 g/mol. The van der Waals surface area contributed by atoms with Gasteiger partial charge in [-0.05, 0) is 83.0 Å². The number of thioether (sulfide) groups is 1. The Morgan fingerprint density at radius 2 is 1.63 bits per heavy atom. The molecule has 1 aliphatic rings. The Kier molecular flexibility index (Phi) is 18.3. The van der Waals surface area contributed by atoms with E-state index in [2.05, 4.69) is 21.2 Å². The fraction of sp³-hybridized carbons (Fsp3) is 0.385. The van der Waals surface area contributed by atoms with Crippen molar-refractivity contribution in [2.24, 2.45) is 17.2 Å². The highest BCUT2D eigenvalue weighted by Crippen LogP contribution is 2.37. The number of fused-ring (bicyclic) bond motifs is 4. The number of anilines is 1. The highest BCUT2D eigenvalue weighted by atomic mass is 32.2. The molecule has 1 fully saturated rings. The Bertz CT molecular complexity index is 3470. The van der Waals surface area contributed by atoms with Crippen LogP contribution in [0.1, 0.15) is 70.9 Å². The second-order valence-electron chi connectivity index (χ2n) is 18.3. The van der Waals surface area contributed by atoms with Crippen molar-refractivity contribution in [3.8, 4) is 23.0 Å². The van der Waals surface area contributed by atoms with Gasteiger partial charge in [-0.3, -0.25) is 53.1 Å². The number of ether oxygens (including phenoxy) is 2. The number of carboxylic acid groups (broad SMARTS) is 1. The zero-order valence-corrected chi connectivity index (χ0v) is 45.2. The van der Waals surface area contributed by atoms with E-state index in [1.54, 1.807) is 36.1 Å². The van der Waals surface area contributed by atoms with Gasteiger partial charge in [-0.1, -0.05) is 12.2 Å². The molecule has 2 aromatic carbocycles. The molecule has 7 aromatic rings. The van der Waals surface area contributed by atoms with Crippen molar-refractivity contribution >= 4 is 92.6 Å². The van der Waals surface area contributed by atoms with Gasteiger partial charge < -0.3 is 45.8 Å². The van der Waals surface area contributed by atoms with Crippen LogP contribution >= 0.6 is 11.8 Å². The quantitative estimate of drug-likeness (QED) is 0.0265. The number of aryl methyl sites for hydroxylation is 5. The Hall–Kier alpha value is -8.65. The first-order valence-corrected chi connectivity index (χ1v) is 26.1. The van der Waals surface area contributed by atoms with Gasteiger partial charge in [-0.25, -0.2) is 15.0 Å². The highest BCUT2D eigenvalue weighted by Gasteiger charge is 2.39. The monoisotopic (exact) mass is 1090 g/mol. The van der Waals surface area contributed by atoms with Crippen LogP contribution < -0.4 is 32.0 Å². The number of nitrogens with one attached hydrogen (secondary N) is 1. The maximum atomic E-state index is 14.0. The molecule has 1 saturated heterocycles. The van der Waals surface area contributed by atoms with Crippen LogP contribution in [-0.4, -0.2) is 151 Å². The van der Waals surface area contributed by atoms with E-state index in [1.807, 2.05) is 78.8 Å². The van der Waals surface area contributed by atoms with E-state index in [4.69, 9.17) is 45.8 Å². The molecule has 6 heterocycles. The number of hydrogen-bond acceptors (Lipinski definition) is 16. The van der Waals surface area contributed by atoms with E-state index >= 15 is 0 Å². The number of carbonyl (C=O) groups excluding carboxylic acids is 6. The maximum absolute atomic E-state index is 14.0. The number of aliphatic carboxylic acids is 1. The third-order valence-electron chi connectivity index (χ3n) is 12.8. The number of likely N-dealkylation sites (tertiary alicyclic amines) is 1. The van der Waals surface area contributed by atoms with Crippen molar-refractivity contribution < 1.29 is 48.1 Å². The summed E-state index contributed by atoms with van der Waals surface area (Å²) in [7, 11) is 3.16. The number of carboxylic acids is 1. The average molecular weight is 1090 g/mol. The standard InChI is InChI=1S/C51H60N14O9S.CH3NO/c1-8-64-36(21-29(4)58-64)46-54-26-33-32-23-31(45(53)68)24-38(73-7)43(32)62(47(33)56-46)15-10-11-16-63-44-35(55-51(63)57-48(69)37-22-30(5)59-65(37)9-2)19-28(3)20-39(44)74-18-12-14-60(6)41(66)13-17-61-42(67)25-40(49(61)70)75-27-34(52)50(71)72;2-1-3/h10-11,19-24,26,34,40H,8-9,12-18,25,27,52H2,1-7H3,(H2,53,68)(H,71,72)(H,55,57,69);1H,(H2,2,3)/b11-10+;. The molecule has 78 heavy (non-hydrogen) atoms. The zero-order chi connectivity index (χ0) is 56.5. The van der Waals surface area contributed by atoms with Crippen molar-refractivity contribution in [2.45, 2.75) is 91.4 Å². The number of methoxy groups -OCH3 is 1. The topological polar surface area (TPSA) is 339 Å². The first kappa shape index (κ1) is 57.1. The SMILES string of the molecule is CCn1nc(C)cc1C(=O)Nc1nc2cc(C)cc(OCCCN(C)C(=O)CCN3C(=O)CC(SCC(N)C(=O)O)C3=O)c2n1C/C=C/Cn1c2nc(-c3cc(C)nn3CC)ncc2c2cc(C(N)=O)cc(OC)c21.NC=O. The Morgan fingerprint density at radius 3 is 2.31 bits per heavy atom. The van der Waals surface area contributed by atoms with Crippen molar-refractivity contribution in [3.63, 3.8) is 0 Å². The van der Waals surface area contributed by atoms with E-state index in [0.29, 0.717) is 94.3 Å².